The van der Waals surface area contributed by atoms with Crippen LogP contribution in [-0.4, -0.2) is 23.7 Å². The number of hydrogen-bond donors (Lipinski definition) is 2. The Labute approximate surface area is 110 Å². The molecule has 0 saturated carbocycles. The Morgan fingerprint density at radius 2 is 1.65 bits per heavy atom. The highest BCUT2D eigenvalue weighted by Gasteiger charge is 2.25. The Morgan fingerprint density at radius 1 is 1.10 bits per heavy atom. The van der Waals surface area contributed by atoms with Crippen LogP contribution in [0.4, 0.5) is 22.4 Å². The van der Waals surface area contributed by atoms with Crippen molar-refractivity contribution in [2.24, 2.45) is 0 Å². The van der Waals surface area contributed by atoms with E-state index in [1.54, 1.807) is 0 Å². The second-order valence-electron chi connectivity index (χ2n) is 3.67. The lowest BCUT2D eigenvalue weighted by molar-refractivity contribution is -0.134. The Bertz CT molecular complexity index is 533. The fraction of sp³-hybridized carbons (Fsp3) is 0.273. The summed E-state index contributed by atoms with van der Waals surface area (Å²) in [6.45, 7) is 0.569. The monoisotopic (exact) mass is 295 g/mol. The molecule has 0 aliphatic carbocycles. The fourth-order valence-electron chi connectivity index (χ4n) is 1.28. The fourth-order valence-corrected chi connectivity index (χ4v) is 1.28. The molecule has 0 bridgehead atoms. The van der Waals surface area contributed by atoms with Crippen LogP contribution in [-0.2, 0) is 4.79 Å². The summed E-state index contributed by atoms with van der Waals surface area (Å²) < 4.78 is 56.7. The minimum atomic E-state index is -2.10. The van der Waals surface area contributed by atoms with Crippen LogP contribution in [0.2, 0.25) is 0 Å². The van der Waals surface area contributed by atoms with E-state index < -0.39 is 53.1 Å². The third-order valence-electron chi connectivity index (χ3n) is 2.27. The Morgan fingerprint density at radius 3 is 2.20 bits per heavy atom. The lowest BCUT2D eigenvalue weighted by atomic mass is 10.2. The Hall–Kier alpha value is -2.32. The maximum absolute atomic E-state index is 13.3. The molecular weight excluding hydrogens is 286 g/mol. The molecule has 0 atom stereocenters. The van der Waals surface area contributed by atoms with Gasteiger partial charge >= 0.3 is 12.1 Å². The van der Waals surface area contributed by atoms with Crippen molar-refractivity contribution in [1.82, 2.24) is 5.32 Å². The van der Waals surface area contributed by atoms with Crippen molar-refractivity contribution in [3.05, 3.63) is 28.8 Å². The van der Waals surface area contributed by atoms with E-state index in [1.807, 2.05) is 5.32 Å². The van der Waals surface area contributed by atoms with E-state index in [1.165, 1.54) is 0 Å². The van der Waals surface area contributed by atoms with Crippen LogP contribution in [0, 0.1) is 30.2 Å². The van der Waals surface area contributed by atoms with E-state index >= 15 is 0 Å². The minimum Gasteiger partial charge on any atom is -0.465 e. The topological polar surface area (TPSA) is 75.6 Å². The molecule has 0 unspecified atom stereocenters. The van der Waals surface area contributed by atoms with Gasteiger partial charge in [-0.3, -0.25) is 4.79 Å². The van der Waals surface area contributed by atoms with Gasteiger partial charge < -0.3 is 15.2 Å². The van der Waals surface area contributed by atoms with Crippen LogP contribution < -0.4 is 10.1 Å². The number of amides is 1. The molecule has 1 aromatic rings. The van der Waals surface area contributed by atoms with Crippen LogP contribution in [0.1, 0.15) is 12.0 Å². The lowest BCUT2D eigenvalue weighted by Crippen LogP contribution is -2.25. The zero-order valence-corrected chi connectivity index (χ0v) is 10.1. The Kier molecular flexibility index (Phi) is 4.89. The molecule has 0 aromatic heterocycles. The number of benzene rings is 1. The van der Waals surface area contributed by atoms with Crippen molar-refractivity contribution in [2.45, 2.75) is 13.3 Å². The van der Waals surface area contributed by atoms with Gasteiger partial charge in [-0.1, -0.05) is 0 Å². The van der Waals surface area contributed by atoms with Crippen LogP contribution in [0.15, 0.2) is 0 Å². The second-order valence-corrected chi connectivity index (χ2v) is 3.67. The van der Waals surface area contributed by atoms with E-state index in [9.17, 15) is 27.2 Å². The largest absolute Gasteiger partial charge is 0.465 e. The van der Waals surface area contributed by atoms with Gasteiger partial charge in [0, 0.05) is 12.1 Å². The average molecular weight is 295 g/mol. The van der Waals surface area contributed by atoms with Crippen molar-refractivity contribution in [3.8, 4) is 5.75 Å². The van der Waals surface area contributed by atoms with Crippen LogP contribution in [0.3, 0.4) is 0 Å². The predicted octanol–water partition coefficient (Wildman–Crippen LogP) is 2.11. The molecule has 1 aromatic carbocycles. The SMILES string of the molecule is Cc1c(F)c(F)c(F)c(F)c1OC(=O)CCNC(=O)O. The highest BCUT2D eigenvalue weighted by molar-refractivity contribution is 5.74. The smallest absolute Gasteiger partial charge is 0.404 e. The summed E-state index contributed by atoms with van der Waals surface area (Å²) in [7, 11) is 0. The number of rotatable bonds is 4. The van der Waals surface area contributed by atoms with Gasteiger partial charge in [0.25, 0.3) is 0 Å². The zero-order chi connectivity index (χ0) is 15.4. The number of carbonyl (C=O) groups is 2. The number of hydrogen-bond acceptors (Lipinski definition) is 3. The van der Waals surface area contributed by atoms with Crippen molar-refractivity contribution in [1.29, 1.82) is 0 Å². The summed E-state index contributed by atoms with van der Waals surface area (Å²) >= 11 is 0. The molecule has 0 aliphatic rings. The summed E-state index contributed by atoms with van der Waals surface area (Å²) in [5.41, 5.74) is -0.707. The number of nitrogens with one attached hydrogen (secondary N) is 1. The summed E-state index contributed by atoms with van der Waals surface area (Å²) in [6.07, 6.45) is -1.88. The molecule has 1 amide bonds. The van der Waals surface area contributed by atoms with Crippen LogP contribution >= 0.6 is 0 Å². The molecule has 110 valence electrons. The van der Waals surface area contributed by atoms with Gasteiger partial charge in [-0.25, -0.2) is 18.0 Å². The molecule has 0 radical (unpaired) electrons. The van der Waals surface area contributed by atoms with E-state index in [4.69, 9.17) is 5.11 Å². The van der Waals surface area contributed by atoms with E-state index in [0.717, 1.165) is 6.92 Å². The first-order valence-corrected chi connectivity index (χ1v) is 5.25. The molecule has 9 heteroatoms. The summed E-state index contributed by atoms with van der Waals surface area (Å²) in [5, 5.41) is 10.1. The van der Waals surface area contributed by atoms with Gasteiger partial charge in [0.05, 0.1) is 6.42 Å². The number of halogens is 4. The van der Waals surface area contributed by atoms with Crippen molar-refractivity contribution in [2.75, 3.05) is 6.54 Å². The minimum absolute atomic E-state index is 0.332. The van der Waals surface area contributed by atoms with Gasteiger partial charge in [-0.2, -0.15) is 4.39 Å². The molecule has 20 heavy (non-hydrogen) atoms. The molecule has 2 N–H and O–H groups in total. The first-order chi connectivity index (χ1) is 9.25. The summed E-state index contributed by atoms with van der Waals surface area (Å²) in [6, 6.07) is 0. The third kappa shape index (κ3) is 3.37. The van der Waals surface area contributed by atoms with Crippen LogP contribution in [0.5, 0.6) is 5.75 Å². The quantitative estimate of drug-likeness (QED) is 0.293. The van der Waals surface area contributed by atoms with E-state index in [2.05, 4.69) is 4.74 Å². The number of carboxylic acid groups (broad SMARTS) is 1. The predicted molar refractivity (Wildman–Crippen MR) is 57.3 cm³/mol. The molecular formula is C11H9F4NO4. The van der Waals surface area contributed by atoms with Gasteiger partial charge in [0.15, 0.2) is 17.4 Å². The normalized spacial score (nSPS) is 10.2. The maximum Gasteiger partial charge on any atom is 0.404 e. The first-order valence-electron chi connectivity index (χ1n) is 5.25. The van der Waals surface area contributed by atoms with Gasteiger partial charge in [-0.05, 0) is 6.92 Å². The highest BCUT2D eigenvalue weighted by atomic mass is 19.2. The van der Waals surface area contributed by atoms with Crippen LogP contribution in [0.25, 0.3) is 0 Å². The standard InChI is InChI=1S/C11H9F4NO4/c1-4-6(12)7(13)8(14)9(15)10(4)20-5(17)2-3-16-11(18)19/h16H,2-3H2,1H3,(H,18,19). The summed E-state index contributed by atoms with van der Waals surface area (Å²) in [5.74, 6) is -9.81. The third-order valence-corrected chi connectivity index (χ3v) is 2.27. The second kappa shape index (κ2) is 6.22. The zero-order valence-electron chi connectivity index (χ0n) is 10.1. The molecule has 0 saturated heterocycles. The van der Waals surface area contributed by atoms with Crippen molar-refractivity contribution < 1.29 is 37.0 Å². The number of carbonyl (C=O) groups excluding carboxylic acids is 1. The average Bonchev–Trinajstić information content (AvgIpc) is 2.39. The molecule has 0 fully saturated rings. The Balaban J connectivity index is 2.88. The van der Waals surface area contributed by atoms with Crippen molar-refractivity contribution in [3.63, 3.8) is 0 Å². The van der Waals surface area contributed by atoms with Crippen molar-refractivity contribution >= 4 is 12.1 Å². The molecule has 5 nitrogen and oxygen atoms in total. The van der Waals surface area contributed by atoms with E-state index in [-0.39, 0.29) is 6.54 Å². The van der Waals surface area contributed by atoms with E-state index in [0.29, 0.717) is 0 Å². The van der Waals surface area contributed by atoms with Gasteiger partial charge in [0.2, 0.25) is 11.6 Å². The van der Waals surface area contributed by atoms with Gasteiger partial charge in [-0.15, -0.1) is 0 Å². The lowest BCUT2D eigenvalue weighted by Gasteiger charge is -2.10. The highest BCUT2D eigenvalue weighted by Crippen LogP contribution is 2.29. The maximum atomic E-state index is 13.3. The number of ether oxygens (including phenoxy) is 1. The number of esters is 1. The van der Waals surface area contributed by atoms with Gasteiger partial charge in [0.1, 0.15) is 0 Å². The molecule has 0 aliphatic heterocycles. The molecule has 0 spiro atoms. The summed E-state index contributed by atoms with van der Waals surface area (Å²) in [4.78, 5) is 21.4. The molecule has 1 rings (SSSR count). The molecule has 0 heterocycles. The first kappa shape index (κ1) is 15.7.